The number of hydrogen-bond acceptors (Lipinski definition) is 4. The van der Waals surface area contributed by atoms with E-state index in [-0.39, 0.29) is 16.1 Å². The smallest absolute Gasteiger partial charge is 0.478 e. The summed E-state index contributed by atoms with van der Waals surface area (Å²) in [5, 5.41) is 9.02. The lowest BCUT2D eigenvalue weighted by molar-refractivity contribution is -0.274. The van der Waals surface area contributed by atoms with Crippen molar-refractivity contribution in [3.63, 3.8) is 0 Å². The largest absolute Gasteiger partial charge is 0.573 e. The molecule has 0 aliphatic heterocycles. The first kappa shape index (κ1) is 17.6. The third kappa shape index (κ3) is 4.38. The summed E-state index contributed by atoms with van der Waals surface area (Å²) in [5.74, 6) is -1.91. The maximum absolute atomic E-state index is 12.2. The van der Waals surface area contributed by atoms with E-state index in [0.29, 0.717) is 0 Å². The molecule has 0 amide bonds. The van der Waals surface area contributed by atoms with Gasteiger partial charge in [0.1, 0.15) is 5.75 Å². The molecule has 0 atom stereocenters. The molecule has 2 N–H and O–H groups in total. The molecule has 0 fully saturated rings. The molecule has 0 radical (unpaired) electrons. The lowest BCUT2D eigenvalue weighted by Crippen LogP contribution is -2.18. The normalized spacial score (nSPS) is 11.8. The fraction of sp³-hybridized carbons (Fsp3) is 0.0714. The number of hydrogen-bond donors (Lipinski definition) is 2. The van der Waals surface area contributed by atoms with E-state index in [1.165, 1.54) is 24.3 Å². The molecule has 6 nitrogen and oxygen atoms in total. The maximum atomic E-state index is 12.2. The monoisotopic (exact) mass is 361 g/mol. The Labute approximate surface area is 134 Å². The van der Waals surface area contributed by atoms with E-state index in [1.54, 1.807) is 0 Å². The second kappa shape index (κ2) is 6.40. The number of nitrogens with one attached hydrogen (secondary N) is 1. The van der Waals surface area contributed by atoms with Crippen LogP contribution in [0.2, 0.25) is 0 Å². The highest BCUT2D eigenvalue weighted by atomic mass is 32.2. The number of ether oxygens (including phenoxy) is 1. The molecule has 0 heterocycles. The number of carboxylic acids is 1. The van der Waals surface area contributed by atoms with Crippen molar-refractivity contribution in [3.05, 3.63) is 54.1 Å². The van der Waals surface area contributed by atoms with Gasteiger partial charge in [-0.3, -0.25) is 4.72 Å². The van der Waals surface area contributed by atoms with E-state index in [1.807, 2.05) is 0 Å². The van der Waals surface area contributed by atoms with Crippen molar-refractivity contribution >= 4 is 21.7 Å². The summed E-state index contributed by atoms with van der Waals surface area (Å²) in [7, 11) is -4.18. The average molecular weight is 361 g/mol. The summed E-state index contributed by atoms with van der Waals surface area (Å²) in [4.78, 5) is 10.7. The van der Waals surface area contributed by atoms with Crippen molar-refractivity contribution in [2.45, 2.75) is 11.3 Å². The third-order valence-electron chi connectivity index (χ3n) is 2.77. The van der Waals surface area contributed by atoms with E-state index in [4.69, 9.17) is 5.11 Å². The number of benzene rings is 2. The molecule has 10 heteroatoms. The summed E-state index contributed by atoms with van der Waals surface area (Å²) in [6, 6.07) is 8.81. The molecule has 24 heavy (non-hydrogen) atoms. The van der Waals surface area contributed by atoms with Crippen LogP contribution in [0.4, 0.5) is 18.9 Å². The standard InChI is InChI=1S/C14H10F3NO5S/c15-14(16,17)23-9-5-7-10(8-6-9)24(21,22)18-12-4-2-1-3-11(12)13(19)20/h1-8,18H,(H,19,20). The van der Waals surface area contributed by atoms with Crippen LogP contribution in [0, 0.1) is 0 Å². The van der Waals surface area contributed by atoms with Crippen LogP contribution in [0.15, 0.2) is 53.4 Å². The number of alkyl halides is 3. The number of carbonyl (C=O) groups is 1. The number of anilines is 1. The van der Waals surface area contributed by atoms with Crippen LogP contribution in [-0.4, -0.2) is 25.9 Å². The second-order valence-corrected chi connectivity index (χ2v) is 6.16. The Morgan fingerprint density at radius 1 is 1.04 bits per heavy atom. The van der Waals surface area contributed by atoms with Crippen LogP contribution in [-0.2, 0) is 10.0 Å². The van der Waals surface area contributed by atoms with Gasteiger partial charge in [-0.1, -0.05) is 12.1 Å². The molecular weight excluding hydrogens is 351 g/mol. The molecular formula is C14H10F3NO5S. The zero-order valence-corrected chi connectivity index (χ0v) is 12.6. The SMILES string of the molecule is O=C(O)c1ccccc1NS(=O)(=O)c1ccc(OC(F)(F)F)cc1. The first-order valence-corrected chi connectivity index (χ1v) is 7.78. The van der Waals surface area contributed by atoms with E-state index in [2.05, 4.69) is 9.46 Å². The molecule has 0 aliphatic carbocycles. The third-order valence-corrected chi connectivity index (χ3v) is 4.15. The quantitative estimate of drug-likeness (QED) is 0.854. The Balaban J connectivity index is 2.27. The van der Waals surface area contributed by atoms with Gasteiger partial charge in [-0.15, -0.1) is 13.2 Å². The van der Waals surface area contributed by atoms with Gasteiger partial charge in [0.25, 0.3) is 10.0 Å². The highest BCUT2D eigenvalue weighted by molar-refractivity contribution is 7.92. The Bertz CT molecular complexity index is 847. The van der Waals surface area contributed by atoms with Crippen LogP contribution in [0.3, 0.4) is 0 Å². The predicted octanol–water partition coefficient (Wildman–Crippen LogP) is 3.08. The molecule has 2 aromatic rings. The van der Waals surface area contributed by atoms with Crippen molar-refractivity contribution in [2.75, 3.05) is 4.72 Å². The van der Waals surface area contributed by atoms with Crippen molar-refractivity contribution in [3.8, 4) is 5.75 Å². The lowest BCUT2D eigenvalue weighted by atomic mass is 10.2. The summed E-state index contributed by atoms with van der Waals surface area (Å²) >= 11 is 0. The van der Waals surface area contributed by atoms with Gasteiger partial charge in [-0.2, -0.15) is 0 Å². The Hall–Kier alpha value is -2.75. The van der Waals surface area contributed by atoms with Crippen molar-refractivity contribution in [2.24, 2.45) is 0 Å². The number of sulfonamides is 1. The maximum Gasteiger partial charge on any atom is 0.573 e. The van der Waals surface area contributed by atoms with Crippen LogP contribution >= 0.6 is 0 Å². The van der Waals surface area contributed by atoms with Crippen LogP contribution in [0.25, 0.3) is 0 Å². The first-order chi connectivity index (χ1) is 11.1. The zero-order valence-electron chi connectivity index (χ0n) is 11.7. The van der Waals surface area contributed by atoms with Gasteiger partial charge in [0.05, 0.1) is 16.1 Å². The Morgan fingerprint density at radius 3 is 2.17 bits per heavy atom. The van der Waals surface area contributed by atoms with Crippen LogP contribution in [0.1, 0.15) is 10.4 Å². The number of aromatic carboxylic acids is 1. The Morgan fingerprint density at radius 2 is 1.62 bits per heavy atom. The predicted molar refractivity (Wildman–Crippen MR) is 77.3 cm³/mol. The van der Waals surface area contributed by atoms with Gasteiger partial charge in [0.15, 0.2) is 0 Å². The van der Waals surface area contributed by atoms with Gasteiger partial charge in [-0.25, -0.2) is 13.2 Å². The summed E-state index contributed by atoms with van der Waals surface area (Å²) < 4.78 is 66.4. The van der Waals surface area contributed by atoms with Gasteiger partial charge in [-0.05, 0) is 36.4 Å². The molecule has 2 aromatic carbocycles. The van der Waals surface area contributed by atoms with Crippen LogP contribution < -0.4 is 9.46 Å². The van der Waals surface area contributed by atoms with Crippen molar-refractivity contribution in [1.29, 1.82) is 0 Å². The summed E-state index contributed by atoms with van der Waals surface area (Å²) in [6.45, 7) is 0. The molecule has 0 aliphatic rings. The van der Waals surface area contributed by atoms with E-state index in [9.17, 15) is 26.4 Å². The number of halogens is 3. The average Bonchev–Trinajstić information content (AvgIpc) is 2.46. The lowest BCUT2D eigenvalue weighted by Gasteiger charge is -2.12. The fourth-order valence-electron chi connectivity index (χ4n) is 1.78. The van der Waals surface area contributed by atoms with E-state index < -0.39 is 28.1 Å². The number of carboxylic acid groups (broad SMARTS) is 1. The van der Waals surface area contributed by atoms with Crippen molar-refractivity contribution in [1.82, 2.24) is 0 Å². The van der Waals surface area contributed by atoms with Gasteiger partial charge < -0.3 is 9.84 Å². The first-order valence-electron chi connectivity index (χ1n) is 6.29. The van der Waals surface area contributed by atoms with E-state index >= 15 is 0 Å². The summed E-state index contributed by atoms with van der Waals surface area (Å²) in [6.07, 6.45) is -4.89. The van der Waals surface area contributed by atoms with Gasteiger partial charge >= 0.3 is 12.3 Å². The van der Waals surface area contributed by atoms with Crippen molar-refractivity contribution < 1.29 is 36.2 Å². The molecule has 0 spiro atoms. The molecule has 0 saturated heterocycles. The molecule has 128 valence electrons. The number of rotatable bonds is 5. The summed E-state index contributed by atoms with van der Waals surface area (Å²) in [5.41, 5.74) is -0.432. The molecule has 0 unspecified atom stereocenters. The minimum atomic E-state index is -4.89. The molecule has 0 bridgehead atoms. The van der Waals surface area contributed by atoms with Gasteiger partial charge in [0.2, 0.25) is 0 Å². The van der Waals surface area contributed by atoms with Crippen LogP contribution in [0.5, 0.6) is 5.75 Å². The fourth-order valence-corrected chi connectivity index (χ4v) is 2.86. The topological polar surface area (TPSA) is 92.7 Å². The highest BCUT2D eigenvalue weighted by Crippen LogP contribution is 2.25. The number of para-hydroxylation sites is 1. The second-order valence-electron chi connectivity index (χ2n) is 4.48. The minimum absolute atomic E-state index is 0.166. The van der Waals surface area contributed by atoms with Gasteiger partial charge in [0, 0.05) is 0 Å². The molecule has 0 saturated carbocycles. The molecule has 0 aromatic heterocycles. The van der Waals surface area contributed by atoms with E-state index in [0.717, 1.165) is 24.3 Å². The minimum Gasteiger partial charge on any atom is -0.478 e. The highest BCUT2D eigenvalue weighted by Gasteiger charge is 2.31. The zero-order chi connectivity index (χ0) is 18.0. The Kier molecular flexibility index (Phi) is 4.69. The molecule has 2 rings (SSSR count).